The van der Waals surface area contributed by atoms with Crippen molar-refractivity contribution in [1.29, 1.82) is 0 Å². The van der Waals surface area contributed by atoms with E-state index >= 15 is 0 Å². The molecule has 2 aliphatic rings. The second-order valence-corrected chi connectivity index (χ2v) is 8.99. The molecule has 9 nitrogen and oxygen atoms in total. The Labute approximate surface area is 191 Å². The molecular weight excluding hydrogens is 418 g/mol. The van der Waals surface area contributed by atoms with Crippen LogP contribution in [0.1, 0.15) is 37.1 Å². The van der Waals surface area contributed by atoms with Crippen LogP contribution in [0.4, 0.5) is 5.82 Å². The van der Waals surface area contributed by atoms with Crippen molar-refractivity contribution < 1.29 is 9.84 Å². The molecule has 1 saturated carbocycles. The van der Waals surface area contributed by atoms with Crippen molar-refractivity contribution in [2.75, 3.05) is 24.7 Å². The van der Waals surface area contributed by atoms with Gasteiger partial charge in [-0.25, -0.2) is 14.6 Å². The van der Waals surface area contributed by atoms with Crippen LogP contribution in [-0.2, 0) is 11.3 Å². The minimum Gasteiger partial charge on any atom is -0.392 e. The highest BCUT2D eigenvalue weighted by Gasteiger charge is 2.30. The number of aromatic nitrogens is 6. The number of nitrogens with one attached hydrogen (secondary N) is 1. The lowest BCUT2D eigenvalue weighted by Crippen LogP contribution is -2.44. The van der Waals surface area contributed by atoms with Crippen LogP contribution in [0.3, 0.4) is 0 Å². The number of aromatic amines is 1. The number of hydrogen-bond donors (Lipinski definition) is 2. The van der Waals surface area contributed by atoms with Crippen LogP contribution in [0.5, 0.6) is 0 Å². The summed E-state index contributed by atoms with van der Waals surface area (Å²) in [5, 5.41) is 19.7. The molecule has 33 heavy (non-hydrogen) atoms. The van der Waals surface area contributed by atoms with E-state index < -0.39 is 0 Å². The predicted molar refractivity (Wildman–Crippen MR) is 125 cm³/mol. The van der Waals surface area contributed by atoms with Crippen LogP contribution in [0.15, 0.2) is 30.5 Å². The molecule has 1 aromatic carbocycles. The fourth-order valence-corrected chi connectivity index (χ4v) is 4.64. The Bertz CT molecular complexity index is 1320. The molecule has 1 aliphatic carbocycles. The van der Waals surface area contributed by atoms with Crippen molar-refractivity contribution >= 4 is 16.7 Å². The van der Waals surface area contributed by atoms with Gasteiger partial charge in [0.15, 0.2) is 5.82 Å². The number of fused-ring (bicyclic) bond motifs is 1. The molecule has 1 saturated heterocycles. The Kier molecular flexibility index (Phi) is 4.88. The Hall–Kier alpha value is -3.30. The monoisotopic (exact) mass is 445 g/mol. The van der Waals surface area contributed by atoms with Gasteiger partial charge in [-0.1, -0.05) is 5.21 Å². The number of aliphatic hydroxyl groups excluding tert-OH is 1. The average molecular weight is 446 g/mol. The molecule has 0 amide bonds. The summed E-state index contributed by atoms with van der Waals surface area (Å²) in [6.07, 6.45) is 4.13. The number of aliphatic hydroxyl groups is 1. The average Bonchev–Trinajstić information content (AvgIpc) is 3.44. The fourth-order valence-electron chi connectivity index (χ4n) is 4.64. The zero-order chi connectivity index (χ0) is 22.5. The molecule has 2 fully saturated rings. The molecule has 4 heterocycles. The second kappa shape index (κ2) is 7.93. The molecule has 9 heteroatoms. The summed E-state index contributed by atoms with van der Waals surface area (Å²) in [5.41, 5.74) is 5.30. The molecule has 1 aliphatic heterocycles. The third kappa shape index (κ3) is 3.57. The molecular formula is C24H27N7O2. The van der Waals surface area contributed by atoms with Gasteiger partial charge < -0.3 is 19.7 Å². The van der Waals surface area contributed by atoms with Crippen molar-refractivity contribution in [3.63, 3.8) is 0 Å². The van der Waals surface area contributed by atoms with Gasteiger partial charge in [-0.15, -0.1) is 5.10 Å². The van der Waals surface area contributed by atoms with Gasteiger partial charge in [0.1, 0.15) is 11.5 Å². The first-order chi connectivity index (χ1) is 16.1. The van der Waals surface area contributed by atoms with Crippen molar-refractivity contribution in [3.8, 4) is 22.8 Å². The molecule has 3 aromatic heterocycles. The van der Waals surface area contributed by atoms with Crippen LogP contribution in [0.2, 0.25) is 0 Å². The van der Waals surface area contributed by atoms with Gasteiger partial charge >= 0.3 is 0 Å². The summed E-state index contributed by atoms with van der Waals surface area (Å²) >= 11 is 0. The molecule has 6 rings (SSSR count). The number of nitrogens with zero attached hydrogens (tertiary/aromatic N) is 6. The first kappa shape index (κ1) is 20.3. The van der Waals surface area contributed by atoms with Gasteiger partial charge in [-0.2, -0.15) is 0 Å². The van der Waals surface area contributed by atoms with E-state index in [0.29, 0.717) is 25.1 Å². The highest BCUT2D eigenvalue weighted by atomic mass is 16.5. The van der Waals surface area contributed by atoms with Gasteiger partial charge in [0.05, 0.1) is 43.3 Å². The van der Waals surface area contributed by atoms with E-state index in [1.165, 1.54) is 0 Å². The quantitative estimate of drug-likeness (QED) is 0.486. The van der Waals surface area contributed by atoms with Crippen LogP contribution in [0, 0.1) is 6.92 Å². The van der Waals surface area contributed by atoms with E-state index in [0.717, 1.165) is 64.3 Å². The molecule has 0 unspecified atom stereocenters. The standard InChI is InChI=1S/C24H27N7O2/c1-14-13-33-8-7-30(14)22-11-21(23-15(2)28-29-31(23)17-3-4-17)26-24(27-22)19-9-16(12-32)10-20-18(19)5-6-25-20/h5-6,9-11,14,17,25,32H,3-4,7-8,12-13H2,1-2H3/t14-/m1/s1. The summed E-state index contributed by atoms with van der Waals surface area (Å²) in [7, 11) is 0. The normalized spacial score (nSPS) is 18.9. The number of H-pyrrole nitrogens is 1. The van der Waals surface area contributed by atoms with E-state index in [9.17, 15) is 5.11 Å². The lowest BCUT2D eigenvalue weighted by molar-refractivity contribution is 0.0985. The van der Waals surface area contributed by atoms with Gasteiger partial charge in [-0.05, 0) is 50.5 Å². The van der Waals surface area contributed by atoms with Crippen LogP contribution >= 0.6 is 0 Å². The molecule has 170 valence electrons. The number of rotatable bonds is 5. The van der Waals surface area contributed by atoms with Gasteiger partial charge in [0, 0.05) is 35.3 Å². The van der Waals surface area contributed by atoms with E-state index in [1.807, 2.05) is 36.0 Å². The number of anilines is 1. The summed E-state index contributed by atoms with van der Waals surface area (Å²) < 4.78 is 7.68. The molecule has 0 radical (unpaired) electrons. The van der Waals surface area contributed by atoms with E-state index in [4.69, 9.17) is 14.7 Å². The van der Waals surface area contributed by atoms with Crippen molar-refractivity contribution in [2.24, 2.45) is 0 Å². The van der Waals surface area contributed by atoms with Gasteiger partial charge in [0.25, 0.3) is 0 Å². The maximum Gasteiger partial charge on any atom is 0.162 e. The molecule has 1 atom stereocenters. The van der Waals surface area contributed by atoms with Crippen LogP contribution in [0.25, 0.3) is 33.7 Å². The van der Waals surface area contributed by atoms with E-state index in [-0.39, 0.29) is 12.6 Å². The molecule has 0 bridgehead atoms. The SMILES string of the molecule is Cc1nnn(C2CC2)c1-c1cc(N2CCOC[C@H]2C)nc(-c2cc(CO)cc3[nH]ccc23)n1. The Morgan fingerprint density at radius 2 is 2.09 bits per heavy atom. The summed E-state index contributed by atoms with van der Waals surface area (Å²) in [6.45, 7) is 6.19. The largest absolute Gasteiger partial charge is 0.392 e. The number of benzene rings is 1. The maximum atomic E-state index is 9.85. The van der Waals surface area contributed by atoms with E-state index in [2.05, 4.69) is 33.2 Å². The van der Waals surface area contributed by atoms with E-state index in [1.54, 1.807) is 0 Å². The first-order valence-electron chi connectivity index (χ1n) is 11.5. The number of ether oxygens (including phenoxy) is 1. The van der Waals surface area contributed by atoms with Crippen molar-refractivity contribution in [3.05, 3.63) is 41.7 Å². The molecule has 0 spiro atoms. The Balaban J connectivity index is 1.58. The highest BCUT2D eigenvalue weighted by Crippen LogP contribution is 2.39. The molecule has 2 N–H and O–H groups in total. The Morgan fingerprint density at radius 3 is 2.88 bits per heavy atom. The number of morpholine rings is 1. The lowest BCUT2D eigenvalue weighted by Gasteiger charge is -2.34. The second-order valence-electron chi connectivity index (χ2n) is 8.99. The minimum atomic E-state index is -0.0491. The predicted octanol–water partition coefficient (Wildman–Crippen LogP) is 3.24. The van der Waals surface area contributed by atoms with Crippen LogP contribution in [-0.4, -0.2) is 60.9 Å². The lowest BCUT2D eigenvalue weighted by atomic mass is 10.0. The number of hydrogen-bond acceptors (Lipinski definition) is 7. The molecule has 4 aromatic rings. The first-order valence-corrected chi connectivity index (χ1v) is 11.5. The Morgan fingerprint density at radius 1 is 1.21 bits per heavy atom. The fraction of sp³-hybridized carbons (Fsp3) is 0.417. The van der Waals surface area contributed by atoms with Gasteiger partial charge in [0.2, 0.25) is 0 Å². The summed E-state index contributed by atoms with van der Waals surface area (Å²) in [5.74, 6) is 1.50. The number of aryl methyl sites for hydroxylation is 1. The minimum absolute atomic E-state index is 0.0491. The van der Waals surface area contributed by atoms with Crippen LogP contribution < -0.4 is 4.90 Å². The third-order valence-electron chi connectivity index (χ3n) is 6.52. The highest BCUT2D eigenvalue weighted by molar-refractivity contribution is 5.94. The summed E-state index contributed by atoms with van der Waals surface area (Å²) in [6, 6.07) is 8.62. The summed E-state index contributed by atoms with van der Waals surface area (Å²) in [4.78, 5) is 15.6. The maximum absolute atomic E-state index is 9.85. The van der Waals surface area contributed by atoms with Crippen molar-refractivity contribution in [2.45, 2.75) is 45.4 Å². The van der Waals surface area contributed by atoms with Gasteiger partial charge in [-0.3, -0.25) is 0 Å². The van der Waals surface area contributed by atoms with Crippen molar-refractivity contribution in [1.82, 2.24) is 29.9 Å². The zero-order valence-electron chi connectivity index (χ0n) is 18.8. The zero-order valence-corrected chi connectivity index (χ0v) is 18.8. The topological polar surface area (TPSA) is 105 Å². The smallest absolute Gasteiger partial charge is 0.162 e. The third-order valence-corrected chi connectivity index (χ3v) is 6.52.